The number of carbonyl (C=O) groups is 1. The van der Waals surface area contributed by atoms with Crippen molar-refractivity contribution in [2.45, 2.75) is 23.6 Å². The molecule has 0 radical (unpaired) electrons. The number of nitrogens with one attached hydrogen (secondary N) is 1. The number of anilines is 2. The van der Waals surface area contributed by atoms with Gasteiger partial charge in [-0.15, -0.1) is 0 Å². The predicted octanol–water partition coefficient (Wildman–Crippen LogP) is 3.37. The average Bonchev–Trinajstić information content (AvgIpc) is 2.44. The topological polar surface area (TPSA) is 64.3 Å². The zero-order valence-electron chi connectivity index (χ0n) is 11.9. The van der Waals surface area contributed by atoms with Gasteiger partial charge in [0.25, 0.3) is 5.91 Å². The first kappa shape index (κ1) is 13.8. The van der Waals surface area contributed by atoms with E-state index in [2.05, 4.69) is 37.4 Å². The van der Waals surface area contributed by atoms with Gasteiger partial charge < -0.3 is 15.8 Å². The lowest BCUT2D eigenvalue weighted by molar-refractivity contribution is -0.118. The number of hydrogen-bond donors (Lipinski definition) is 2. The fraction of sp³-hybridized carbons (Fsp3) is 0.188. The molecule has 0 spiro atoms. The summed E-state index contributed by atoms with van der Waals surface area (Å²) in [5, 5.41) is 2.80. The number of benzene rings is 2. The van der Waals surface area contributed by atoms with E-state index in [9.17, 15) is 4.79 Å². The van der Waals surface area contributed by atoms with Crippen molar-refractivity contribution in [2.75, 3.05) is 17.7 Å². The lowest BCUT2D eigenvalue weighted by Crippen LogP contribution is -2.25. The van der Waals surface area contributed by atoms with Crippen LogP contribution >= 0.6 is 11.8 Å². The third-order valence-corrected chi connectivity index (χ3v) is 4.51. The fourth-order valence-corrected chi connectivity index (χ4v) is 3.09. The van der Waals surface area contributed by atoms with E-state index in [0.717, 1.165) is 9.79 Å². The summed E-state index contributed by atoms with van der Waals surface area (Å²) in [5.41, 5.74) is 9.91. The third kappa shape index (κ3) is 2.83. The lowest BCUT2D eigenvalue weighted by Gasteiger charge is -2.19. The van der Waals surface area contributed by atoms with Crippen LogP contribution in [0.1, 0.15) is 11.1 Å². The van der Waals surface area contributed by atoms with E-state index in [1.165, 1.54) is 11.1 Å². The van der Waals surface area contributed by atoms with Crippen LogP contribution in [-0.2, 0) is 4.79 Å². The van der Waals surface area contributed by atoms with Crippen molar-refractivity contribution in [3.63, 3.8) is 0 Å². The first-order valence-electron chi connectivity index (χ1n) is 6.64. The summed E-state index contributed by atoms with van der Waals surface area (Å²) in [5.74, 6) is 0.478. The van der Waals surface area contributed by atoms with E-state index < -0.39 is 0 Å². The molecule has 3 rings (SSSR count). The molecule has 5 heteroatoms. The second-order valence-corrected chi connectivity index (χ2v) is 6.19. The van der Waals surface area contributed by atoms with Gasteiger partial charge in [-0.25, -0.2) is 0 Å². The maximum absolute atomic E-state index is 11.4. The van der Waals surface area contributed by atoms with Crippen LogP contribution in [0.15, 0.2) is 40.1 Å². The molecule has 0 saturated heterocycles. The maximum atomic E-state index is 11.4. The average molecular weight is 300 g/mol. The number of hydrogen-bond acceptors (Lipinski definition) is 4. The van der Waals surface area contributed by atoms with Crippen molar-refractivity contribution in [3.8, 4) is 5.75 Å². The first-order chi connectivity index (χ1) is 10.0. The smallest absolute Gasteiger partial charge is 0.262 e. The molecule has 0 saturated carbocycles. The van der Waals surface area contributed by atoms with Crippen LogP contribution in [0.5, 0.6) is 5.75 Å². The molecular formula is C16H16N2O2S. The molecule has 0 bridgehead atoms. The van der Waals surface area contributed by atoms with Crippen LogP contribution in [0.2, 0.25) is 0 Å². The Labute approximate surface area is 127 Å². The number of carbonyl (C=O) groups excluding carboxylic acids is 1. The molecule has 0 fully saturated rings. The number of fused-ring (bicyclic) bond motifs is 1. The molecular weight excluding hydrogens is 284 g/mol. The summed E-state index contributed by atoms with van der Waals surface area (Å²) in [6, 6.07) is 9.92. The number of ether oxygens (including phenoxy) is 1. The van der Waals surface area contributed by atoms with Crippen molar-refractivity contribution in [1.82, 2.24) is 0 Å². The van der Waals surface area contributed by atoms with Crippen molar-refractivity contribution in [1.29, 1.82) is 0 Å². The molecule has 1 aliphatic rings. The fourth-order valence-electron chi connectivity index (χ4n) is 2.12. The van der Waals surface area contributed by atoms with Gasteiger partial charge >= 0.3 is 0 Å². The van der Waals surface area contributed by atoms with Crippen LogP contribution < -0.4 is 15.8 Å². The van der Waals surface area contributed by atoms with Crippen LogP contribution in [0.3, 0.4) is 0 Å². The molecule has 0 aromatic heterocycles. The van der Waals surface area contributed by atoms with Crippen molar-refractivity contribution < 1.29 is 9.53 Å². The molecule has 0 aliphatic carbocycles. The predicted molar refractivity (Wildman–Crippen MR) is 85.0 cm³/mol. The Morgan fingerprint density at radius 1 is 1.19 bits per heavy atom. The largest absolute Gasteiger partial charge is 0.482 e. The summed E-state index contributed by atoms with van der Waals surface area (Å²) >= 11 is 1.58. The van der Waals surface area contributed by atoms with Gasteiger partial charge in [0.05, 0.1) is 5.69 Å². The summed E-state index contributed by atoms with van der Waals surface area (Å²) in [4.78, 5) is 13.4. The van der Waals surface area contributed by atoms with Gasteiger partial charge in [-0.3, -0.25) is 4.79 Å². The zero-order valence-corrected chi connectivity index (χ0v) is 12.7. The molecule has 1 amide bonds. The SMILES string of the molecule is Cc1ccc(Sc2cc3c(cc2N)OCC(=O)N3)cc1C. The quantitative estimate of drug-likeness (QED) is 0.835. The molecule has 2 aromatic carbocycles. The monoisotopic (exact) mass is 300 g/mol. The molecule has 2 aromatic rings. The van der Waals surface area contributed by atoms with Crippen molar-refractivity contribution in [3.05, 3.63) is 41.5 Å². The molecule has 21 heavy (non-hydrogen) atoms. The van der Waals surface area contributed by atoms with Gasteiger partial charge in [0.15, 0.2) is 6.61 Å². The van der Waals surface area contributed by atoms with Crippen LogP contribution in [-0.4, -0.2) is 12.5 Å². The number of nitrogens with two attached hydrogens (primary N) is 1. The number of amides is 1. The molecule has 0 atom stereocenters. The van der Waals surface area contributed by atoms with Gasteiger partial charge in [0, 0.05) is 21.5 Å². The van der Waals surface area contributed by atoms with E-state index in [-0.39, 0.29) is 12.5 Å². The van der Waals surface area contributed by atoms with E-state index in [0.29, 0.717) is 17.1 Å². The normalized spacial score (nSPS) is 13.3. The van der Waals surface area contributed by atoms with E-state index in [1.807, 2.05) is 6.07 Å². The maximum Gasteiger partial charge on any atom is 0.262 e. The zero-order chi connectivity index (χ0) is 15.0. The van der Waals surface area contributed by atoms with Gasteiger partial charge in [0.2, 0.25) is 0 Å². The van der Waals surface area contributed by atoms with E-state index in [4.69, 9.17) is 10.5 Å². The van der Waals surface area contributed by atoms with Crippen LogP contribution in [0.25, 0.3) is 0 Å². The first-order valence-corrected chi connectivity index (χ1v) is 7.46. The minimum Gasteiger partial charge on any atom is -0.482 e. The van der Waals surface area contributed by atoms with Gasteiger partial charge in [-0.2, -0.15) is 0 Å². The molecule has 0 unspecified atom stereocenters. The minimum absolute atomic E-state index is 0.0378. The lowest BCUT2D eigenvalue weighted by atomic mass is 10.1. The second kappa shape index (κ2) is 5.33. The summed E-state index contributed by atoms with van der Waals surface area (Å²) in [6.07, 6.45) is 0. The highest BCUT2D eigenvalue weighted by atomic mass is 32.2. The van der Waals surface area contributed by atoms with E-state index in [1.54, 1.807) is 17.8 Å². The highest BCUT2D eigenvalue weighted by Crippen LogP contribution is 2.40. The Bertz CT molecular complexity index is 728. The molecule has 1 heterocycles. The van der Waals surface area contributed by atoms with Crippen LogP contribution in [0.4, 0.5) is 11.4 Å². The summed E-state index contributed by atoms with van der Waals surface area (Å²) < 4.78 is 5.36. The van der Waals surface area contributed by atoms with Crippen LogP contribution in [0, 0.1) is 13.8 Å². The number of aryl methyl sites for hydroxylation is 2. The van der Waals surface area contributed by atoms with Gasteiger partial charge in [-0.05, 0) is 43.2 Å². The third-order valence-electron chi connectivity index (χ3n) is 3.45. The Balaban J connectivity index is 1.93. The Morgan fingerprint density at radius 3 is 2.76 bits per heavy atom. The second-order valence-electron chi connectivity index (χ2n) is 5.07. The van der Waals surface area contributed by atoms with Gasteiger partial charge in [0.1, 0.15) is 5.75 Å². The highest BCUT2D eigenvalue weighted by Gasteiger charge is 2.18. The molecule has 4 nitrogen and oxygen atoms in total. The van der Waals surface area contributed by atoms with Crippen molar-refractivity contribution >= 4 is 29.0 Å². The van der Waals surface area contributed by atoms with Crippen molar-refractivity contribution in [2.24, 2.45) is 0 Å². The Kier molecular flexibility index (Phi) is 3.51. The Morgan fingerprint density at radius 2 is 2.00 bits per heavy atom. The highest BCUT2D eigenvalue weighted by molar-refractivity contribution is 7.99. The summed E-state index contributed by atoms with van der Waals surface area (Å²) in [7, 11) is 0. The number of rotatable bonds is 2. The minimum atomic E-state index is -0.144. The molecule has 108 valence electrons. The number of nitrogen functional groups attached to an aromatic ring is 1. The van der Waals surface area contributed by atoms with Gasteiger partial charge in [-0.1, -0.05) is 17.8 Å². The molecule has 3 N–H and O–H groups in total. The van der Waals surface area contributed by atoms with E-state index >= 15 is 0 Å². The standard InChI is InChI=1S/C16H16N2O2S/c1-9-3-4-11(5-10(9)2)21-15-7-13-14(6-12(15)17)20-8-16(19)18-13/h3-7H,8,17H2,1-2H3,(H,18,19). The summed E-state index contributed by atoms with van der Waals surface area (Å²) in [6.45, 7) is 4.21. The Hall–Kier alpha value is -2.14. The molecule has 1 aliphatic heterocycles.